The van der Waals surface area contributed by atoms with Crippen molar-refractivity contribution in [3.63, 3.8) is 0 Å². The first kappa shape index (κ1) is 18.6. The van der Waals surface area contributed by atoms with Crippen LogP contribution >= 0.6 is 11.6 Å². The molecule has 2 rings (SSSR count). The van der Waals surface area contributed by atoms with Crippen LogP contribution in [0.2, 0.25) is 5.02 Å². The van der Waals surface area contributed by atoms with Crippen LogP contribution in [0.5, 0.6) is 11.5 Å². The van der Waals surface area contributed by atoms with Crippen LogP contribution in [0.25, 0.3) is 0 Å². The zero-order chi connectivity index (χ0) is 17.4. The molecule has 0 fully saturated rings. The van der Waals surface area contributed by atoms with Gasteiger partial charge in [0.05, 0.1) is 13.7 Å². The molecule has 4 heteroatoms. The summed E-state index contributed by atoms with van der Waals surface area (Å²) in [5, 5.41) is 0.741. The molecule has 0 saturated carbocycles. The van der Waals surface area contributed by atoms with E-state index in [0.29, 0.717) is 13.2 Å². The second-order valence-corrected chi connectivity index (χ2v) is 6.31. The molecular weight excluding hydrogens is 322 g/mol. The van der Waals surface area contributed by atoms with E-state index in [1.807, 2.05) is 36.4 Å². The van der Waals surface area contributed by atoms with E-state index in [0.717, 1.165) is 35.8 Å². The summed E-state index contributed by atoms with van der Waals surface area (Å²) in [7, 11) is 1.67. The number of unbranched alkanes of at least 4 members (excludes halogenated alkanes) is 1. The van der Waals surface area contributed by atoms with Crippen molar-refractivity contribution >= 4 is 11.6 Å². The molecule has 0 bridgehead atoms. The third-order valence-electron chi connectivity index (χ3n) is 4.09. The molecule has 130 valence electrons. The lowest BCUT2D eigenvalue weighted by atomic mass is 9.92. The fourth-order valence-corrected chi connectivity index (χ4v) is 2.77. The van der Waals surface area contributed by atoms with Crippen LogP contribution in [0.15, 0.2) is 42.5 Å². The standard InChI is InChI=1S/C20H26ClNO2/c1-3-4-11-24-19-10-5-15(13-20(19)23-2)12-17(14-22)16-6-8-18(21)9-7-16/h5-10,13,17H,3-4,11-12,14,22H2,1-2H3. The normalized spacial score (nSPS) is 12.0. The predicted octanol–water partition coefficient (Wildman–Crippen LogP) is 4.81. The zero-order valence-corrected chi connectivity index (χ0v) is 15.2. The second kappa shape index (κ2) is 9.55. The molecule has 24 heavy (non-hydrogen) atoms. The highest BCUT2D eigenvalue weighted by Crippen LogP contribution is 2.30. The highest BCUT2D eigenvalue weighted by Gasteiger charge is 2.13. The summed E-state index contributed by atoms with van der Waals surface area (Å²) in [6.45, 7) is 3.44. The van der Waals surface area contributed by atoms with E-state index in [9.17, 15) is 0 Å². The third kappa shape index (κ3) is 5.15. The first-order chi connectivity index (χ1) is 11.7. The zero-order valence-electron chi connectivity index (χ0n) is 14.4. The molecule has 3 nitrogen and oxygen atoms in total. The Morgan fingerprint density at radius 3 is 2.46 bits per heavy atom. The van der Waals surface area contributed by atoms with E-state index < -0.39 is 0 Å². The molecule has 0 saturated heterocycles. The molecule has 0 heterocycles. The average Bonchev–Trinajstić information content (AvgIpc) is 2.61. The van der Waals surface area contributed by atoms with Gasteiger partial charge in [-0.15, -0.1) is 0 Å². The van der Waals surface area contributed by atoms with Crippen LogP contribution < -0.4 is 15.2 Å². The van der Waals surface area contributed by atoms with E-state index >= 15 is 0 Å². The lowest BCUT2D eigenvalue weighted by Crippen LogP contribution is -2.15. The highest BCUT2D eigenvalue weighted by molar-refractivity contribution is 6.30. The molecule has 0 aliphatic rings. The number of methoxy groups -OCH3 is 1. The second-order valence-electron chi connectivity index (χ2n) is 5.88. The summed E-state index contributed by atoms with van der Waals surface area (Å²) < 4.78 is 11.3. The lowest BCUT2D eigenvalue weighted by molar-refractivity contribution is 0.288. The Morgan fingerprint density at radius 1 is 1.08 bits per heavy atom. The molecule has 0 spiro atoms. The topological polar surface area (TPSA) is 44.5 Å². The van der Waals surface area contributed by atoms with Crippen LogP contribution in [0, 0.1) is 0 Å². The summed E-state index contributed by atoms with van der Waals surface area (Å²) in [6.07, 6.45) is 3.00. The number of hydrogen-bond acceptors (Lipinski definition) is 3. The number of hydrogen-bond donors (Lipinski definition) is 1. The van der Waals surface area contributed by atoms with Crippen LogP contribution in [0.4, 0.5) is 0 Å². The van der Waals surface area contributed by atoms with Gasteiger partial charge >= 0.3 is 0 Å². The summed E-state index contributed by atoms with van der Waals surface area (Å²) in [5.74, 6) is 1.82. The first-order valence-corrected chi connectivity index (χ1v) is 8.81. The minimum absolute atomic E-state index is 0.249. The number of benzene rings is 2. The van der Waals surface area contributed by atoms with E-state index in [1.165, 1.54) is 11.1 Å². The van der Waals surface area contributed by atoms with Crippen molar-refractivity contribution in [1.82, 2.24) is 0 Å². The number of ether oxygens (including phenoxy) is 2. The first-order valence-electron chi connectivity index (χ1n) is 8.43. The van der Waals surface area contributed by atoms with Gasteiger partial charge < -0.3 is 15.2 Å². The number of rotatable bonds is 9. The van der Waals surface area contributed by atoms with Gasteiger partial charge in [-0.3, -0.25) is 0 Å². The highest BCUT2D eigenvalue weighted by atomic mass is 35.5. The molecule has 0 aliphatic carbocycles. The van der Waals surface area contributed by atoms with Crippen LogP contribution in [-0.4, -0.2) is 20.3 Å². The van der Waals surface area contributed by atoms with Crippen molar-refractivity contribution in [2.24, 2.45) is 5.73 Å². The summed E-state index contributed by atoms with van der Waals surface area (Å²) in [4.78, 5) is 0. The van der Waals surface area contributed by atoms with E-state index in [4.69, 9.17) is 26.8 Å². The Morgan fingerprint density at radius 2 is 1.83 bits per heavy atom. The molecule has 1 atom stereocenters. The molecule has 2 aromatic rings. The fraction of sp³-hybridized carbons (Fsp3) is 0.400. The summed E-state index contributed by atoms with van der Waals surface area (Å²) in [5.41, 5.74) is 8.36. The van der Waals surface area contributed by atoms with Crippen molar-refractivity contribution in [2.75, 3.05) is 20.3 Å². The minimum atomic E-state index is 0.249. The molecule has 0 radical (unpaired) electrons. The maximum Gasteiger partial charge on any atom is 0.161 e. The molecule has 0 aromatic heterocycles. The van der Waals surface area contributed by atoms with Gasteiger partial charge in [0.15, 0.2) is 11.5 Å². The Bertz CT molecular complexity index is 628. The minimum Gasteiger partial charge on any atom is -0.493 e. The number of nitrogens with two attached hydrogens (primary N) is 1. The Hall–Kier alpha value is -1.71. The van der Waals surface area contributed by atoms with Gasteiger partial charge in [0.1, 0.15) is 0 Å². The molecule has 0 aliphatic heterocycles. The maximum absolute atomic E-state index is 5.98. The van der Waals surface area contributed by atoms with E-state index in [2.05, 4.69) is 13.0 Å². The fourth-order valence-electron chi connectivity index (χ4n) is 2.64. The smallest absolute Gasteiger partial charge is 0.161 e. The van der Waals surface area contributed by atoms with Crippen molar-refractivity contribution in [2.45, 2.75) is 32.1 Å². The largest absolute Gasteiger partial charge is 0.493 e. The Kier molecular flexibility index (Phi) is 7.41. The Balaban J connectivity index is 2.11. The third-order valence-corrected chi connectivity index (χ3v) is 4.34. The predicted molar refractivity (Wildman–Crippen MR) is 100 cm³/mol. The van der Waals surface area contributed by atoms with Gasteiger partial charge in [-0.25, -0.2) is 0 Å². The van der Waals surface area contributed by atoms with E-state index in [-0.39, 0.29) is 5.92 Å². The molecule has 1 unspecified atom stereocenters. The lowest BCUT2D eigenvalue weighted by Gasteiger charge is -2.17. The Labute approximate surface area is 149 Å². The molecule has 2 N–H and O–H groups in total. The van der Waals surface area contributed by atoms with Gasteiger partial charge in [-0.1, -0.05) is 43.1 Å². The number of halogens is 1. The van der Waals surface area contributed by atoms with Crippen molar-refractivity contribution in [3.8, 4) is 11.5 Å². The maximum atomic E-state index is 5.98. The van der Waals surface area contributed by atoms with Crippen molar-refractivity contribution < 1.29 is 9.47 Å². The van der Waals surface area contributed by atoms with Crippen molar-refractivity contribution in [3.05, 3.63) is 58.6 Å². The van der Waals surface area contributed by atoms with Gasteiger partial charge in [-0.05, 0) is 54.8 Å². The SMILES string of the molecule is CCCCOc1ccc(CC(CN)c2ccc(Cl)cc2)cc1OC. The van der Waals surface area contributed by atoms with Gasteiger partial charge in [0, 0.05) is 10.9 Å². The van der Waals surface area contributed by atoms with Crippen molar-refractivity contribution in [1.29, 1.82) is 0 Å². The molecular formula is C20H26ClNO2. The molecule has 0 amide bonds. The quantitative estimate of drug-likeness (QED) is 0.662. The van der Waals surface area contributed by atoms with Gasteiger partial charge in [0.2, 0.25) is 0 Å². The average molecular weight is 348 g/mol. The van der Waals surface area contributed by atoms with Gasteiger partial charge in [-0.2, -0.15) is 0 Å². The van der Waals surface area contributed by atoms with Gasteiger partial charge in [0.25, 0.3) is 0 Å². The molecule has 2 aromatic carbocycles. The van der Waals surface area contributed by atoms with Crippen LogP contribution in [0.1, 0.15) is 36.8 Å². The summed E-state index contributed by atoms with van der Waals surface area (Å²) >= 11 is 5.97. The van der Waals surface area contributed by atoms with Crippen LogP contribution in [-0.2, 0) is 6.42 Å². The monoisotopic (exact) mass is 347 g/mol. The van der Waals surface area contributed by atoms with Crippen LogP contribution in [0.3, 0.4) is 0 Å². The van der Waals surface area contributed by atoms with E-state index in [1.54, 1.807) is 7.11 Å². The summed E-state index contributed by atoms with van der Waals surface area (Å²) in [6, 6.07) is 14.0.